The van der Waals surface area contributed by atoms with Crippen LogP contribution in [0.2, 0.25) is 0 Å². The van der Waals surface area contributed by atoms with E-state index >= 15 is 0 Å². The highest BCUT2D eigenvalue weighted by molar-refractivity contribution is 7.99. The molecule has 0 N–H and O–H groups in total. The van der Waals surface area contributed by atoms with Crippen LogP contribution in [0.4, 0.5) is 11.4 Å². The molecule has 0 atom stereocenters. The minimum atomic E-state index is -0.502. The van der Waals surface area contributed by atoms with E-state index in [0.717, 1.165) is 11.8 Å². The lowest BCUT2D eigenvalue weighted by Crippen LogP contribution is -2.26. The van der Waals surface area contributed by atoms with Crippen molar-refractivity contribution in [2.24, 2.45) is 7.05 Å². The van der Waals surface area contributed by atoms with Crippen molar-refractivity contribution >= 4 is 29.0 Å². The molecule has 3 rings (SSSR count). The van der Waals surface area contributed by atoms with E-state index in [2.05, 4.69) is 10.2 Å². The lowest BCUT2D eigenvalue weighted by Gasteiger charge is -2.17. The summed E-state index contributed by atoms with van der Waals surface area (Å²) in [6.45, 7) is 0. The highest BCUT2D eigenvalue weighted by Crippen LogP contribution is 2.34. The number of nitrogens with zero attached hydrogens (tertiary/aromatic N) is 5. The largest absolute Gasteiger partial charge is 0.311 e. The number of carbonyl (C=O) groups is 1. The molecule has 1 heterocycles. The third-order valence-electron chi connectivity index (χ3n) is 3.72. The second-order valence-electron chi connectivity index (χ2n) is 5.47. The summed E-state index contributed by atoms with van der Waals surface area (Å²) in [5.74, 6) is -0.325. The topological polar surface area (TPSA) is 94.2 Å². The van der Waals surface area contributed by atoms with Gasteiger partial charge in [0.05, 0.1) is 9.82 Å². The van der Waals surface area contributed by atoms with Crippen LogP contribution in [0.5, 0.6) is 0 Å². The van der Waals surface area contributed by atoms with Gasteiger partial charge < -0.3 is 9.47 Å². The van der Waals surface area contributed by atoms with Crippen LogP contribution in [0.1, 0.15) is 10.4 Å². The van der Waals surface area contributed by atoms with Crippen molar-refractivity contribution in [2.75, 3.05) is 11.9 Å². The van der Waals surface area contributed by atoms with Crippen molar-refractivity contribution < 1.29 is 9.72 Å². The zero-order valence-corrected chi connectivity index (χ0v) is 14.9. The maximum atomic E-state index is 12.7. The van der Waals surface area contributed by atoms with E-state index in [1.54, 1.807) is 42.9 Å². The van der Waals surface area contributed by atoms with E-state index in [0.29, 0.717) is 15.7 Å². The quantitative estimate of drug-likeness (QED) is 0.506. The summed E-state index contributed by atoms with van der Waals surface area (Å²) in [5, 5.41) is 19.7. The van der Waals surface area contributed by atoms with Crippen molar-refractivity contribution in [3.8, 4) is 0 Å². The molecule has 0 radical (unpaired) electrons. The maximum Gasteiger partial charge on any atom is 0.284 e. The molecular weight excluding hydrogens is 354 g/mol. The van der Waals surface area contributed by atoms with Gasteiger partial charge >= 0.3 is 0 Å². The van der Waals surface area contributed by atoms with Gasteiger partial charge in [-0.2, -0.15) is 0 Å². The van der Waals surface area contributed by atoms with Gasteiger partial charge in [0, 0.05) is 31.4 Å². The van der Waals surface area contributed by atoms with Crippen LogP contribution in [-0.4, -0.2) is 32.6 Å². The van der Waals surface area contributed by atoms with E-state index in [-0.39, 0.29) is 17.2 Å². The Morgan fingerprint density at radius 2 is 1.96 bits per heavy atom. The predicted octanol–water partition coefficient (Wildman–Crippen LogP) is 3.15. The van der Waals surface area contributed by atoms with Crippen LogP contribution < -0.4 is 4.90 Å². The fourth-order valence-electron chi connectivity index (χ4n) is 2.31. The number of para-hydroxylation sites is 1. The third-order valence-corrected chi connectivity index (χ3v) is 4.84. The minimum absolute atomic E-state index is 0.148. The molecule has 1 amide bonds. The number of aromatic nitrogens is 3. The molecular formula is C17H15N5O3S. The number of carbonyl (C=O) groups excluding carboxylic acids is 1. The lowest BCUT2D eigenvalue weighted by molar-refractivity contribution is -0.387. The molecule has 0 unspecified atom stereocenters. The number of benzene rings is 2. The Morgan fingerprint density at radius 3 is 2.58 bits per heavy atom. The summed E-state index contributed by atoms with van der Waals surface area (Å²) in [5.41, 5.74) is 0.799. The average molecular weight is 369 g/mol. The summed E-state index contributed by atoms with van der Waals surface area (Å²) in [4.78, 5) is 25.5. The van der Waals surface area contributed by atoms with E-state index < -0.39 is 4.92 Å². The molecule has 0 spiro atoms. The van der Waals surface area contributed by atoms with Crippen LogP contribution in [0.3, 0.4) is 0 Å². The Balaban J connectivity index is 1.92. The fraction of sp³-hybridized carbons (Fsp3) is 0.118. The molecule has 0 saturated heterocycles. The summed E-state index contributed by atoms with van der Waals surface area (Å²) in [6.07, 6.45) is 1.51. The summed E-state index contributed by atoms with van der Waals surface area (Å²) in [7, 11) is 3.38. The Kier molecular flexibility index (Phi) is 4.99. The molecule has 1 aromatic heterocycles. The van der Waals surface area contributed by atoms with Gasteiger partial charge in [0.1, 0.15) is 6.33 Å². The molecule has 26 heavy (non-hydrogen) atoms. The number of rotatable bonds is 5. The van der Waals surface area contributed by atoms with Gasteiger partial charge in [-0.1, -0.05) is 18.2 Å². The number of hydrogen-bond donors (Lipinski definition) is 0. The van der Waals surface area contributed by atoms with Crippen molar-refractivity contribution in [3.05, 3.63) is 70.5 Å². The summed E-state index contributed by atoms with van der Waals surface area (Å²) in [6, 6.07) is 13.5. The highest BCUT2D eigenvalue weighted by atomic mass is 32.2. The number of amides is 1. The fourth-order valence-corrected chi connectivity index (χ4v) is 3.16. The second-order valence-corrected chi connectivity index (χ2v) is 6.47. The number of nitro groups is 1. The van der Waals surface area contributed by atoms with E-state index in [1.165, 1.54) is 17.3 Å². The minimum Gasteiger partial charge on any atom is -0.311 e. The molecule has 9 heteroatoms. The van der Waals surface area contributed by atoms with E-state index in [1.807, 2.05) is 18.2 Å². The molecule has 0 aliphatic carbocycles. The summed E-state index contributed by atoms with van der Waals surface area (Å²) < 4.78 is 1.66. The zero-order valence-electron chi connectivity index (χ0n) is 14.1. The van der Waals surface area contributed by atoms with E-state index in [9.17, 15) is 14.9 Å². The van der Waals surface area contributed by atoms with Crippen molar-refractivity contribution in [3.63, 3.8) is 0 Å². The van der Waals surface area contributed by atoms with Crippen LogP contribution in [0, 0.1) is 10.1 Å². The molecule has 8 nitrogen and oxygen atoms in total. The molecule has 0 bridgehead atoms. The molecule has 0 aliphatic rings. The monoisotopic (exact) mass is 369 g/mol. The maximum absolute atomic E-state index is 12.7. The molecule has 0 aliphatic heterocycles. The Morgan fingerprint density at radius 1 is 1.23 bits per heavy atom. The van der Waals surface area contributed by atoms with Gasteiger partial charge in [0.25, 0.3) is 11.6 Å². The molecule has 132 valence electrons. The first-order valence-corrected chi connectivity index (χ1v) is 8.42. The number of nitro benzene ring substituents is 1. The smallest absolute Gasteiger partial charge is 0.284 e. The van der Waals surface area contributed by atoms with Gasteiger partial charge in [0.2, 0.25) is 0 Å². The SMILES string of the molecule is CN(C(=O)c1ccc(Sc2nncn2C)c([N+](=O)[O-])c1)c1ccccc1. The standard InChI is InChI=1S/C17H15N5O3S/c1-20-11-18-19-17(20)26-15-9-8-12(10-14(15)22(24)25)16(23)21(2)13-6-4-3-5-7-13/h3-11H,1-2H3. The summed E-state index contributed by atoms with van der Waals surface area (Å²) >= 11 is 1.12. The molecule has 3 aromatic rings. The zero-order chi connectivity index (χ0) is 18.7. The highest BCUT2D eigenvalue weighted by Gasteiger charge is 2.22. The number of hydrogen-bond acceptors (Lipinski definition) is 6. The number of anilines is 1. The van der Waals surface area contributed by atoms with Gasteiger partial charge in [-0.05, 0) is 36.0 Å². The van der Waals surface area contributed by atoms with Crippen molar-refractivity contribution in [1.29, 1.82) is 0 Å². The van der Waals surface area contributed by atoms with Crippen molar-refractivity contribution in [2.45, 2.75) is 10.1 Å². The lowest BCUT2D eigenvalue weighted by atomic mass is 10.1. The molecule has 2 aromatic carbocycles. The van der Waals surface area contributed by atoms with Gasteiger partial charge in [-0.15, -0.1) is 10.2 Å². The Hall–Kier alpha value is -3.20. The Bertz CT molecular complexity index is 958. The van der Waals surface area contributed by atoms with Gasteiger partial charge in [-0.3, -0.25) is 14.9 Å². The molecule has 0 saturated carbocycles. The number of aryl methyl sites for hydroxylation is 1. The van der Waals surface area contributed by atoms with Crippen LogP contribution >= 0.6 is 11.8 Å². The normalized spacial score (nSPS) is 10.5. The van der Waals surface area contributed by atoms with Crippen LogP contribution in [0.15, 0.2) is 64.9 Å². The third kappa shape index (κ3) is 3.57. The average Bonchev–Trinajstić information content (AvgIpc) is 3.06. The molecule has 0 fully saturated rings. The van der Waals surface area contributed by atoms with Crippen LogP contribution in [-0.2, 0) is 7.05 Å². The van der Waals surface area contributed by atoms with Crippen LogP contribution in [0.25, 0.3) is 0 Å². The second kappa shape index (κ2) is 7.36. The first-order valence-electron chi connectivity index (χ1n) is 7.61. The van der Waals surface area contributed by atoms with Gasteiger partial charge in [-0.25, -0.2) is 0 Å². The van der Waals surface area contributed by atoms with E-state index in [4.69, 9.17) is 0 Å². The Labute approximate surface area is 153 Å². The van der Waals surface area contributed by atoms with Crippen molar-refractivity contribution in [1.82, 2.24) is 14.8 Å². The first kappa shape index (κ1) is 17.6. The first-order chi connectivity index (χ1) is 12.5. The van der Waals surface area contributed by atoms with Gasteiger partial charge in [0.15, 0.2) is 5.16 Å². The predicted molar refractivity (Wildman–Crippen MR) is 97.4 cm³/mol.